The van der Waals surface area contributed by atoms with Crippen LogP contribution in [0.4, 0.5) is 0 Å². The zero-order valence-electron chi connectivity index (χ0n) is 21.9. The van der Waals surface area contributed by atoms with E-state index < -0.39 is 14.7 Å². The van der Waals surface area contributed by atoms with Gasteiger partial charge in [0.1, 0.15) is 0 Å². The maximum absolute atomic E-state index is 2.44. The molecule has 0 nitrogen and oxygen atoms in total. The molecular formula is C33H45As. The molecule has 0 amide bonds. The molecule has 1 heteroatoms. The monoisotopic (exact) mass is 516 g/mol. The van der Waals surface area contributed by atoms with Gasteiger partial charge in [-0.1, -0.05) is 0 Å². The van der Waals surface area contributed by atoms with Crippen LogP contribution in [0.25, 0.3) is 0 Å². The van der Waals surface area contributed by atoms with Crippen molar-refractivity contribution in [1.82, 2.24) is 0 Å². The summed E-state index contributed by atoms with van der Waals surface area (Å²) in [4.78, 5) is 0. The van der Waals surface area contributed by atoms with Crippen molar-refractivity contribution >= 4 is 27.7 Å². The molecule has 0 saturated carbocycles. The van der Waals surface area contributed by atoms with E-state index in [1.807, 2.05) is 0 Å². The van der Waals surface area contributed by atoms with E-state index in [2.05, 4.69) is 93.6 Å². The fourth-order valence-corrected chi connectivity index (χ4v) is 9.31. The van der Waals surface area contributed by atoms with Crippen LogP contribution in [0, 0.1) is 0 Å². The van der Waals surface area contributed by atoms with Crippen LogP contribution in [0.2, 0.25) is 0 Å². The Labute approximate surface area is 214 Å². The van der Waals surface area contributed by atoms with E-state index in [0.717, 1.165) is 0 Å². The molecule has 3 aromatic carbocycles. The average Bonchev–Trinajstić information content (AvgIpc) is 2.87. The number of rotatable bonds is 15. The molecule has 0 heterocycles. The summed E-state index contributed by atoms with van der Waals surface area (Å²) >= 11 is -1.56. The first-order valence-corrected chi connectivity index (χ1v) is 16.6. The zero-order chi connectivity index (χ0) is 24.0. The zero-order valence-corrected chi connectivity index (χ0v) is 23.7. The minimum atomic E-state index is -1.56. The van der Waals surface area contributed by atoms with Crippen LogP contribution in [-0.4, -0.2) is 14.7 Å². The van der Waals surface area contributed by atoms with Crippen LogP contribution >= 0.6 is 0 Å². The molecule has 0 radical (unpaired) electrons. The molecule has 34 heavy (non-hydrogen) atoms. The van der Waals surface area contributed by atoms with Crippen molar-refractivity contribution in [2.24, 2.45) is 0 Å². The molecule has 0 fully saturated rings. The van der Waals surface area contributed by atoms with Crippen molar-refractivity contribution < 1.29 is 0 Å². The van der Waals surface area contributed by atoms with Crippen LogP contribution in [-0.2, 0) is 19.3 Å². The van der Waals surface area contributed by atoms with Gasteiger partial charge in [0.15, 0.2) is 0 Å². The second-order valence-corrected chi connectivity index (χ2v) is 14.4. The Balaban J connectivity index is 1.83. The summed E-state index contributed by atoms with van der Waals surface area (Å²) in [5.41, 5.74) is 4.47. The van der Waals surface area contributed by atoms with Gasteiger partial charge < -0.3 is 0 Å². The fraction of sp³-hybridized carbons (Fsp3) is 0.455. The quantitative estimate of drug-likeness (QED) is 0.146. The Morgan fingerprint density at radius 2 is 0.647 bits per heavy atom. The van der Waals surface area contributed by atoms with Gasteiger partial charge in [-0.15, -0.1) is 0 Å². The predicted molar refractivity (Wildman–Crippen MR) is 154 cm³/mol. The minimum absolute atomic E-state index is 1.21. The third-order valence-corrected chi connectivity index (χ3v) is 11.9. The molecule has 0 atom stereocenters. The Morgan fingerprint density at radius 1 is 0.382 bits per heavy atom. The summed E-state index contributed by atoms with van der Waals surface area (Å²) < 4.78 is 4.64. The van der Waals surface area contributed by atoms with Crippen molar-refractivity contribution in [2.75, 3.05) is 0 Å². The predicted octanol–water partition coefficient (Wildman–Crippen LogP) is 7.40. The molecule has 182 valence electrons. The maximum atomic E-state index is 2.44. The summed E-state index contributed by atoms with van der Waals surface area (Å²) in [6.07, 6.45) is 15.4. The molecule has 0 saturated heterocycles. The summed E-state index contributed by atoms with van der Waals surface area (Å²) in [6.45, 7) is 6.84. The van der Waals surface area contributed by atoms with E-state index in [1.165, 1.54) is 93.7 Å². The van der Waals surface area contributed by atoms with Gasteiger partial charge in [-0.05, 0) is 0 Å². The molecule has 0 aromatic heterocycles. The Kier molecular flexibility index (Phi) is 12.0. The number of unbranched alkanes of at least 4 members (excludes halogenated alkanes) is 6. The van der Waals surface area contributed by atoms with Crippen molar-refractivity contribution in [2.45, 2.75) is 97.8 Å². The van der Waals surface area contributed by atoms with Crippen LogP contribution in [0.5, 0.6) is 0 Å². The second-order valence-electron chi connectivity index (χ2n) is 9.71. The van der Waals surface area contributed by atoms with Gasteiger partial charge in [-0.2, -0.15) is 0 Å². The Morgan fingerprint density at radius 3 is 0.882 bits per heavy atom. The first-order valence-electron chi connectivity index (χ1n) is 13.8. The number of hydrogen-bond donors (Lipinski definition) is 0. The molecule has 3 aromatic rings. The van der Waals surface area contributed by atoms with Gasteiger partial charge in [0.25, 0.3) is 0 Å². The molecule has 0 aliphatic carbocycles. The normalized spacial score (nSPS) is 11.3. The molecule has 0 unspecified atom stereocenters. The number of aryl methyl sites for hydroxylation is 3. The van der Waals surface area contributed by atoms with Crippen molar-refractivity contribution in [3.8, 4) is 0 Å². The number of hydrogen-bond acceptors (Lipinski definition) is 0. The molecule has 0 spiro atoms. The van der Waals surface area contributed by atoms with Crippen LogP contribution in [0.1, 0.15) is 95.2 Å². The van der Waals surface area contributed by atoms with E-state index >= 15 is 0 Å². The van der Waals surface area contributed by atoms with Crippen molar-refractivity contribution in [3.63, 3.8) is 0 Å². The topological polar surface area (TPSA) is 0 Å². The SMILES string of the molecule is CCCCCc1ccc([As](c2ccc(CCCCC)cc2)c2ccc(CCCCC)cc2)cc1. The van der Waals surface area contributed by atoms with Gasteiger partial charge in [0, 0.05) is 0 Å². The van der Waals surface area contributed by atoms with E-state index in [-0.39, 0.29) is 0 Å². The summed E-state index contributed by atoms with van der Waals surface area (Å²) in [5.74, 6) is 0. The van der Waals surface area contributed by atoms with E-state index in [1.54, 1.807) is 13.1 Å². The van der Waals surface area contributed by atoms with Gasteiger partial charge in [-0.25, -0.2) is 0 Å². The average molecular weight is 517 g/mol. The second kappa shape index (κ2) is 15.3. The summed E-state index contributed by atoms with van der Waals surface area (Å²) in [7, 11) is 0. The van der Waals surface area contributed by atoms with Crippen molar-refractivity contribution in [1.29, 1.82) is 0 Å². The van der Waals surface area contributed by atoms with Crippen LogP contribution in [0.15, 0.2) is 72.8 Å². The number of benzene rings is 3. The van der Waals surface area contributed by atoms with Crippen molar-refractivity contribution in [3.05, 3.63) is 89.5 Å². The van der Waals surface area contributed by atoms with E-state index in [0.29, 0.717) is 0 Å². The molecule has 0 aliphatic rings. The van der Waals surface area contributed by atoms with Gasteiger partial charge in [0.05, 0.1) is 0 Å². The summed E-state index contributed by atoms with van der Waals surface area (Å²) in [5, 5.41) is 0. The Hall–Kier alpha value is -1.78. The fourth-order valence-electron chi connectivity index (χ4n) is 4.62. The molecule has 0 aliphatic heterocycles. The van der Waals surface area contributed by atoms with Gasteiger partial charge >= 0.3 is 215 Å². The Bertz CT molecular complexity index is 795. The summed E-state index contributed by atoms with van der Waals surface area (Å²) in [6, 6.07) is 29.0. The first-order chi connectivity index (χ1) is 16.7. The third-order valence-electron chi connectivity index (χ3n) is 6.79. The molecular weight excluding hydrogens is 471 g/mol. The molecule has 3 rings (SSSR count). The standard InChI is InChI=1S/C33H45As/c1-4-7-10-13-28-16-22-31(23-17-28)34(32-24-18-29(19-25-32)14-11-8-5-2)33-26-20-30(21-27-33)15-12-9-6-3/h16-27H,4-15H2,1-3H3. The van der Waals surface area contributed by atoms with Crippen LogP contribution in [0.3, 0.4) is 0 Å². The first kappa shape index (κ1) is 26.8. The van der Waals surface area contributed by atoms with Gasteiger partial charge in [0.2, 0.25) is 0 Å². The third kappa shape index (κ3) is 8.46. The molecule has 0 N–H and O–H groups in total. The van der Waals surface area contributed by atoms with E-state index in [9.17, 15) is 0 Å². The van der Waals surface area contributed by atoms with E-state index in [4.69, 9.17) is 0 Å². The van der Waals surface area contributed by atoms with Crippen LogP contribution < -0.4 is 13.1 Å². The van der Waals surface area contributed by atoms with Gasteiger partial charge in [-0.3, -0.25) is 0 Å². The molecule has 0 bridgehead atoms.